The minimum Gasteiger partial charge on any atom is -0.394 e. The van der Waals surface area contributed by atoms with Crippen LogP contribution in [0.3, 0.4) is 0 Å². The van der Waals surface area contributed by atoms with E-state index in [9.17, 15) is 22.8 Å². The predicted molar refractivity (Wildman–Crippen MR) is 37.0 cm³/mol. The molecule has 0 aromatic rings. The van der Waals surface area contributed by atoms with Gasteiger partial charge < -0.3 is 4.74 Å². The summed E-state index contributed by atoms with van der Waals surface area (Å²) >= 11 is 0.652. The monoisotopic (exact) mass is 213 g/mol. The molecule has 0 bridgehead atoms. The zero-order valence-electron chi connectivity index (χ0n) is 5.92. The van der Waals surface area contributed by atoms with E-state index in [1.54, 1.807) is 0 Å². The molecule has 1 rings (SSSR count). The summed E-state index contributed by atoms with van der Waals surface area (Å²) in [5.74, 6) is -3.08. The lowest BCUT2D eigenvalue weighted by molar-refractivity contribution is -0.190. The minimum atomic E-state index is -5.06. The first-order chi connectivity index (χ1) is 5.89. The molecular formula is C5H2F3NO3S. The summed E-state index contributed by atoms with van der Waals surface area (Å²) in [4.78, 5) is 23.6. The molecule has 0 N–H and O–H groups in total. The molecule has 0 aromatic carbocycles. The van der Waals surface area contributed by atoms with E-state index in [2.05, 4.69) is 9.73 Å². The third-order valence-electron chi connectivity index (χ3n) is 0.947. The number of halogens is 3. The molecule has 1 amide bonds. The molecule has 0 aromatic heterocycles. The average Bonchev–Trinajstić information content (AvgIpc) is 2.33. The van der Waals surface area contributed by atoms with E-state index in [1.807, 2.05) is 0 Å². The Balaban J connectivity index is 2.56. The number of ether oxygens (including phenoxy) is 1. The van der Waals surface area contributed by atoms with Crippen molar-refractivity contribution in [3.63, 3.8) is 0 Å². The maximum atomic E-state index is 11.6. The Kier molecular flexibility index (Phi) is 2.60. The van der Waals surface area contributed by atoms with E-state index in [4.69, 9.17) is 0 Å². The summed E-state index contributed by atoms with van der Waals surface area (Å²) in [6, 6.07) is 0. The Hall–Kier alpha value is -1.05. The van der Waals surface area contributed by atoms with Crippen molar-refractivity contribution < 1.29 is 27.5 Å². The second-order valence-corrected chi connectivity index (χ2v) is 2.87. The molecule has 0 saturated carbocycles. The topological polar surface area (TPSA) is 55.7 Å². The molecule has 1 heterocycles. The van der Waals surface area contributed by atoms with E-state index in [1.165, 1.54) is 0 Å². The van der Waals surface area contributed by atoms with Crippen molar-refractivity contribution in [3.05, 3.63) is 0 Å². The van der Waals surface area contributed by atoms with Crippen LogP contribution in [0.4, 0.5) is 13.2 Å². The lowest BCUT2D eigenvalue weighted by Crippen LogP contribution is -2.26. The third-order valence-corrected chi connectivity index (χ3v) is 1.76. The standard InChI is InChI=1S/C5H2F3NO3S/c6-5(7,8)3(11)12-4-9-2(10)1-13-4/h1H2. The van der Waals surface area contributed by atoms with Crippen molar-refractivity contribution in [2.24, 2.45) is 4.99 Å². The zero-order chi connectivity index (χ0) is 10.1. The lowest BCUT2D eigenvalue weighted by atomic mass is 10.7. The highest BCUT2D eigenvalue weighted by atomic mass is 32.2. The molecule has 1 aliphatic rings. The Bertz CT molecular complexity index is 285. The molecule has 1 aliphatic heterocycles. The van der Waals surface area contributed by atoms with Gasteiger partial charge in [-0.2, -0.15) is 18.2 Å². The largest absolute Gasteiger partial charge is 0.491 e. The van der Waals surface area contributed by atoms with Gasteiger partial charge in [0.25, 0.3) is 11.1 Å². The predicted octanol–water partition coefficient (Wildman–Crippen LogP) is 0.721. The van der Waals surface area contributed by atoms with Crippen molar-refractivity contribution in [1.29, 1.82) is 0 Å². The van der Waals surface area contributed by atoms with Crippen LogP contribution in [0.15, 0.2) is 4.99 Å². The van der Waals surface area contributed by atoms with Crippen molar-refractivity contribution >= 4 is 28.9 Å². The molecular weight excluding hydrogens is 211 g/mol. The van der Waals surface area contributed by atoms with Crippen LogP contribution in [-0.4, -0.2) is 29.0 Å². The van der Waals surface area contributed by atoms with Gasteiger partial charge in [-0.25, -0.2) is 4.79 Å². The first-order valence-electron chi connectivity index (χ1n) is 2.93. The highest BCUT2D eigenvalue weighted by Crippen LogP contribution is 2.20. The molecule has 0 saturated heterocycles. The van der Waals surface area contributed by atoms with Crippen LogP contribution in [0, 0.1) is 0 Å². The molecule has 0 fully saturated rings. The Labute approximate surface area is 74.1 Å². The molecule has 72 valence electrons. The fraction of sp³-hybridized carbons (Fsp3) is 0.400. The Morgan fingerprint density at radius 3 is 2.54 bits per heavy atom. The van der Waals surface area contributed by atoms with Crippen molar-refractivity contribution in [2.75, 3.05) is 5.75 Å². The highest BCUT2D eigenvalue weighted by Gasteiger charge is 2.42. The highest BCUT2D eigenvalue weighted by molar-refractivity contribution is 8.14. The van der Waals surface area contributed by atoms with Crippen LogP contribution in [0.1, 0.15) is 0 Å². The summed E-state index contributed by atoms with van der Waals surface area (Å²) in [6.45, 7) is 0. The van der Waals surface area contributed by atoms with Crippen LogP contribution in [0.5, 0.6) is 0 Å². The summed E-state index contributed by atoms with van der Waals surface area (Å²) in [7, 11) is 0. The number of carbonyl (C=O) groups excluding carboxylic acids is 2. The smallest absolute Gasteiger partial charge is 0.394 e. The van der Waals surface area contributed by atoms with Gasteiger partial charge >= 0.3 is 12.1 Å². The van der Waals surface area contributed by atoms with Gasteiger partial charge in [0.1, 0.15) is 0 Å². The summed E-state index contributed by atoms with van der Waals surface area (Å²) in [5, 5.41) is -0.549. The van der Waals surface area contributed by atoms with Gasteiger partial charge in [0.15, 0.2) is 0 Å². The number of nitrogens with zero attached hydrogens (tertiary/aromatic N) is 1. The van der Waals surface area contributed by atoms with E-state index in [0.717, 1.165) is 0 Å². The number of rotatable bonds is 0. The van der Waals surface area contributed by atoms with E-state index in [-0.39, 0.29) is 5.75 Å². The molecule has 13 heavy (non-hydrogen) atoms. The molecule has 0 atom stereocenters. The number of carbonyl (C=O) groups is 2. The van der Waals surface area contributed by atoms with Crippen LogP contribution >= 0.6 is 11.8 Å². The molecule has 0 aliphatic carbocycles. The molecule has 0 radical (unpaired) electrons. The number of alkyl halides is 3. The van der Waals surface area contributed by atoms with Crippen LogP contribution in [0.25, 0.3) is 0 Å². The van der Waals surface area contributed by atoms with Gasteiger partial charge in [0.2, 0.25) is 0 Å². The number of thioether (sulfide) groups is 1. The van der Waals surface area contributed by atoms with Crippen LogP contribution < -0.4 is 0 Å². The quantitative estimate of drug-likeness (QED) is 0.556. The number of hydrogen-bond acceptors (Lipinski definition) is 4. The summed E-state index contributed by atoms with van der Waals surface area (Å²) in [5.41, 5.74) is 0. The van der Waals surface area contributed by atoms with Crippen molar-refractivity contribution in [2.45, 2.75) is 6.18 Å². The summed E-state index contributed by atoms with van der Waals surface area (Å²) in [6.07, 6.45) is -5.06. The second kappa shape index (κ2) is 3.36. The van der Waals surface area contributed by atoms with Crippen LogP contribution in [-0.2, 0) is 14.3 Å². The average molecular weight is 213 g/mol. The molecule has 8 heteroatoms. The SMILES string of the molecule is O=C1CSC(OC(=O)C(F)(F)F)=N1. The van der Waals surface area contributed by atoms with Gasteiger partial charge in [0, 0.05) is 0 Å². The van der Waals surface area contributed by atoms with E-state index < -0.39 is 23.3 Å². The zero-order valence-corrected chi connectivity index (χ0v) is 6.74. The molecule has 0 spiro atoms. The van der Waals surface area contributed by atoms with Gasteiger partial charge in [-0.3, -0.25) is 4.79 Å². The maximum Gasteiger partial charge on any atom is 0.491 e. The lowest BCUT2D eigenvalue weighted by Gasteiger charge is -2.04. The Morgan fingerprint density at radius 1 is 1.54 bits per heavy atom. The van der Waals surface area contributed by atoms with Gasteiger partial charge in [0.05, 0.1) is 5.75 Å². The molecule has 4 nitrogen and oxygen atoms in total. The van der Waals surface area contributed by atoms with E-state index >= 15 is 0 Å². The number of esters is 1. The van der Waals surface area contributed by atoms with Crippen LogP contribution in [0.2, 0.25) is 0 Å². The minimum absolute atomic E-state index is 0.0968. The third kappa shape index (κ3) is 2.72. The van der Waals surface area contributed by atoms with Gasteiger partial charge in [-0.15, -0.1) is 0 Å². The van der Waals surface area contributed by atoms with Crippen molar-refractivity contribution in [1.82, 2.24) is 0 Å². The number of amides is 1. The fourth-order valence-corrected chi connectivity index (χ4v) is 1.09. The first-order valence-corrected chi connectivity index (χ1v) is 3.91. The number of aliphatic imine (C=N–C) groups is 1. The Morgan fingerprint density at radius 2 is 2.15 bits per heavy atom. The summed E-state index contributed by atoms with van der Waals surface area (Å²) < 4.78 is 38.5. The van der Waals surface area contributed by atoms with E-state index in [0.29, 0.717) is 11.8 Å². The maximum absolute atomic E-state index is 11.6. The fourth-order valence-electron chi connectivity index (χ4n) is 0.479. The van der Waals surface area contributed by atoms with Crippen molar-refractivity contribution in [3.8, 4) is 0 Å². The second-order valence-electron chi connectivity index (χ2n) is 1.95. The van der Waals surface area contributed by atoms with Gasteiger partial charge in [-0.05, 0) is 0 Å². The normalized spacial score (nSPS) is 17.2. The first kappa shape index (κ1) is 10.0. The number of hydrogen-bond donors (Lipinski definition) is 0. The molecule has 0 unspecified atom stereocenters. The van der Waals surface area contributed by atoms with Gasteiger partial charge in [-0.1, -0.05) is 11.8 Å².